The number of aliphatic hydroxyl groups excluding tert-OH is 1. The van der Waals surface area contributed by atoms with Gasteiger partial charge in [-0.2, -0.15) is 0 Å². The summed E-state index contributed by atoms with van der Waals surface area (Å²) in [6, 6.07) is 0. The third-order valence-corrected chi connectivity index (χ3v) is 1.97. The lowest BCUT2D eigenvalue weighted by Crippen LogP contribution is -2.49. The number of nitrogens with one attached hydrogen (secondary N) is 2. The van der Waals surface area contributed by atoms with Crippen molar-refractivity contribution in [3.8, 4) is 0 Å². The molecule has 86 valence electrons. The Bertz CT molecular complexity index is 239. The highest BCUT2D eigenvalue weighted by Crippen LogP contribution is 1.95. The van der Waals surface area contributed by atoms with E-state index in [0.29, 0.717) is 19.7 Å². The summed E-state index contributed by atoms with van der Waals surface area (Å²) in [4.78, 5) is 21.6. The first-order valence-electron chi connectivity index (χ1n) is 4.62. The van der Waals surface area contributed by atoms with Gasteiger partial charge in [0.1, 0.15) is 6.10 Å². The lowest BCUT2D eigenvalue weighted by atomic mass is 10.2. The summed E-state index contributed by atoms with van der Waals surface area (Å²) in [6.45, 7) is 1.23. The molecule has 0 bridgehead atoms. The Kier molecular flexibility index (Phi) is 4.47. The van der Waals surface area contributed by atoms with Gasteiger partial charge in [-0.25, -0.2) is 4.79 Å². The SMILES string of the molecule is O=C(NC[C@H](O)C(=O)O)C1CNCCO1. The summed E-state index contributed by atoms with van der Waals surface area (Å²) >= 11 is 0. The first-order valence-corrected chi connectivity index (χ1v) is 4.62. The fourth-order valence-electron chi connectivity index (χ4n) is 1.13. The first kappa shape index (κ1) is 11.9. The molecule has 0 aromatic heterocycles. The Morgan fingerprint density at radius 1 is 1.60 bits per heavy atom. The lowest BCUT2D eigenvalue weighted by Gasteiger charge is -2.22. The number of rotatable bonds is 4. The Labute approximate surface area is 86.4 Å². The standard InChI is InChI=1S/C8H14N2O5/c11-5(8(13)14)3-10-7(12)6-4-9-1-2-15-6/h5-6,9,11H,1-4H2,(H,10,12)(H,13,14)/t5-,6?/m0/s1. The summed E-state index contributed by atoms with van der Waals surface area (Å²) < 4.78 is 5.13. The number of morpholine rings is 1. The zero-order chi connectivity index (χ0) is 11.3. The molecule has 0 radical (unpaired) electrons. The highest BCUT2D eigenvalue weighted by Gasteiger charge is 2.23. The van der Waals surface area contributed by atoms with Crippen molar-refractivity contribution in [2.24, 2.45) is 0 Å². The third kappa shape index (κ3) is 3.82. The summed E-state index contributed by atoms with van der Waals surface area (Å²) in [5, 5.41) is 22.5. The monoisotopic (exact) mass is 218 g/mol. The molecule has 0 aromatic rings. The second-order valence-electron chi connectivity index (χ2n) is 3.16. The predicted molar refractivity (Wildman–Crippen MR) is 49.3 cm³/mol. The van der Waals surface area contributed by atoms with Crippen LogP contribution in [0.4, 0.5) is 0 Å². The van der Waals surface area contributed by atoms with Crippen LogP contribution in [-0.2, 0) is 14.3 Å². The van der Waals surface area contributed by atoms with Gasteiger partial charge in [0.15, 0.2) is 6.10 Å². The second kappa shape index (κ2) is 5.64. The van der Waals surface area contributed by atoms with E-state index in [1.807, 2.05) is 0 Å². The van der Waals surface area contributed by atoms with Crippen LogP contribution in [0.2, 0.25) is 0 Å². The summed E-state index contributed by atoms with van der Waals surface area (Å²) in [5.41, 5.74) is 0. The smallest absolute Gasteiger partial charge is 0.334 e. The average molecular weight is 218 g/mol. The number of ether oxygens (including phenoxy) is 1. The number of carboxylic acids is 1. The number of hydrogen-bond acceptors (Lipinski definition) is 5. The van der Waals surface area contributed by atoms with Crippen molar-refractivity contribution in [3.63, 3.8) is 0 Å². The van der Waals surface area contributed by atoms with Gasteiger partial charge in [0, 0.05) is 13.1 Å². The van der Waals surface area contributed by atoms with Gasteiger partial charge in [-0.15, -0.1) is 0 Å². The normalized spacial score (nSPS) is 23.1. The summed E-state index contributed by atoms with van der Waals surface area (Å²) in [5.74, 6) is -1.78. The number of amides is 1. The molecule has 0 aromatic carbocycles. The van der Waals surface area contributed by atoms with Crippen LogP contribution in [0, 0.1) is 0 Å². The summed E-state index contributed by atoms with van der Waals surface area (Å²) in [6.07, 6.45) is -2.19. The molecule has 1 heterocycles. The fourth-order valence-corrected chi connectivity index (χ4v) is 1.13. The number of carboxylic acid groups (broad SMARTS) is 1. The molecule has 4 N–H and O–H groups in total. The van der Waals surface area contributed by atoms with E-state index < -0.39 is 24.1 Å². The molecule has 1 aliphatic rings. The van der Waals surface area contributed by atoms with Crippen molar-refractivity contribution in [2.75, 3.05) is 26.2 Å². The zero-order valence-corrected chi connectivity index (χ0v) is 8.10. The molecule has 7 heteroatoms. The molecule has 0 spiro atoms. The molecule has 15 heavy (non-hydrogen) atoms. The van der Waals surface area contributed by atoms with Gasteiger partial charge in [-0.3, -0.25) is 4.79 Å². The van der Waals surface area contributed by atoms with E-state index in [4.69, 9.17) is 14.9 Å². The van der Waals surface area contributed by atoms with Crippen LogP contribution in [0.1, 0.15) is 0 Å². The van der Waals surface area contributed by atoms with Crippen LogP contribution in [0.3, 0.4) is 0 Å². The van der Waals surface area contributed by atoms with Crippen LogP contribution >= 0.6 is 0 Å². The van der Waals surface area contributed by atoms with E-state index in [-0.39, 0.29) is 6.54 Å². The third-order valence-electron chi connectivity index (χ3n) is 1.97. The van der Waals surface area contributed by atoms with Crippen molar-refractivity contribution >= 4 is 11.9 Å². The average Bonchev–Trinajstić information content (AvgIpc) is 2.26. The molecular formula is C8H14N2O5. The van der Waals surface area contributed by atoms with Crippen LogP contribution in [0.15, 0.2) is 0 Å². The zero-order valence-electron chi connectivity index (χ0n) is 8.10. The van der Waals surface area contributed by atoms with Crippen molar-refractivity contribution < 1.29 is 24.5 Å². The maximum Gasteiger partial charge on any atom is 0.334 e. The maximum absolute atomic E-state index is 11.3. The van der Waals surface area contributed by atoms with Crippen molar-refractivity contribution in [1.29, 1.82) is 0 Å². The Morgan fingerprint density at radius 2 is 2.33 bits per heavy atom. The van der Waals surface area contributed by atoms with Gasteiger partial charge in [0.25, 0.3) is 5.91 Å². The van der Waals surface area contributed by atoms with Crippen molar-refractivity contribution in [3.05, 3.63) is 0 Å². The molecule has 1 aliphatic heterocycles. The molecule has 2 atom stereocenters. The Morgan fingerprint density at radius 3 is 2.87 bits per heavy atom. The maximum atomic E-state index is 11.3. The minimum atomic E-state index is -1.58. The minimum absolute atomic E-state index is 0.311. The number of hydrogen-bond donors (Lipinski definition) is 4. The van der Waals surface area contributed by atoms with Crippen LogP contribution in [0.5, 0.6) is 0 Å². The molecule has 1 fully saturated rings. The molecule has 1 rings (SSSR count). The first-order chi connectivity index (χ1) is 7.11. The summed E-state index contributed by atoms with van der Waals surface area (Å²) in [7, 11) is 0. The van der Waals surface area contributed by atoms with E-state index >= 15 is 0 Å². The topological polar surface area (TPSA) is 108 Å². The van der Waals surface area contributed by atoms with Gasteiger partial charge in [-0.05, 0) is 0 Å². The lowest BCUT2D eigenvalue weighted by molar-refractivity contribution is -0.147. The van der Waals surface area contributed by atoms with E-state index in [0.717, 1.165) is 0 Å². The number of carbonyl (C=O) groups excluding carboxylic acids is 1. The molecule has 0 saturated carbocycles. The second-order valence-corrected chi connectivity index (χ2v) is 3.16. The van der Waals surface area contributed by atoms with Gasteiger partial charge >= 0.3 is 5.97 Å². The van der Waals surface area contributed by atoms with Gasteiger partial charge in [0.2, 0.25) is 0 Å². The fraction of sp³-hybridized carbons (Fsp3) is 0.750. The van der Waals surface area contributed by atoms with Gasteiger partial charge in [0.05, 0.1) is 13.2 Å². The predicted octanol–water partition coefficient (Wildman–Crippen LogP) is -2.46. The van der Waals surface area contributed by atoms with E-state index in [9.17, 15) is 9.59 Å². The molecule has 0 aliphatic carbocycles. The Balaban J connectivity index is 2.25. The van der Waals surface area contributed by atoms with Crippen LogP contribution < -0.4 is 10.6 Å². The molecular weight excluding hydrogens is 204 g/mol. The molecule has 1 saturated heterocycles. The molecule has 1 unspecified atom stereocenters. The van der Waals surface area contributed by atoms with Gasteiger partial charge in [-0.1, -0.05) is 0 Å². The molecule has 1 amide bonds. The van der Waals surface area contributed by atoms with E-state index in [2.05, 4.69) is 10.6 Å². The quantitative estimate of drug-likeness (QED) is 0.417. The highest BCUT2D eigenvalue weighted by molar-refractivity contribution is 5.82. The van der Waals surface area contributed by atoms with Crippen molar-refractivity contribution in [2.45, 2.75) is 12.2 Å². The number of aliphatic carboxylic acids is 1. The van der Waals surface area contributed by atoms with Crippen LogP contribution in [-0.4, -0.2) is 60.5 Å². The largest absolute Gasteiger partial charge is 0.479 e. The van der Waals surface area contributed by atoms with E-state index in [1.54, 1.807) is 0 Å². The highest BCUT2D eigenvalue weighted by atomic mass is 16.5. The van der Waals surface area contributed by atoms with Crippen molar-refractivity contribution in [1.82, 2.24) is 10.6 Å². The molecule has 7 nitrogen and oxygen atoms in total. The van der Waals surface area contributed by atoms with E-state index in [1.165, 1.54) is 0 Å². The van der Waals surface area contributed by atoms with Gasteiger partial charge < -0.3 is 25.6 Å². The van der Waals surface area contributed by atoms with Crippen LogP contribution in [0.25, 0.3) is 0 Å². The number of carbonyl (C=O) groups is 2. The number of aliphatic hydroxyl groups is 1. The Hall–Kier alpha value is -1.18. The minimum Gasteiger partial charge on any atom is -0.479 e.